The van der Waals surface area contributed by atoms with Gasteiger partial charge in [-0.3, -0.25) is 4.98 Å². The maximum absolute atomic E-state index is 5.99. The highest BCUT2D eigenvalue weighted by Crippen LogP contribution is 2.12. The van der Waals surface area contributed by atoms with E-state index in [1.807, 2.05) is 42.5 Å². The molecule has 0 bridgehead atoms. The maximum atomic E-state index is 5.99. The number of rotatable bonds is 7. The van der Waals surface area contributed by atoms with Gasteiger partial charge in [-0.1, -0.05) is 29.8 Å². The first-order valence-corrected chi connectivity index (χ1v) is 8.12. The van der Waals surface area contributed by atoms with E-state index in [0.717, 1.165) is 29.5 Å². The van der Waals surface area contributed by atoms with Crippen molar-refractivity contribution >= 4 is 23.4 Å². The van der Waals surface area contributed by atoms with Crippen molar-refractivity contribution in [2.75, 3.05) is 17.2 Å². The molecule has 2 aromatic heterocycles. The summed E-state index contributed by atoms with van der Waals surface area (Å²) in [5, 5.41) is 7.24. The van der Waals surface area contributed by atoms with E-state index in [0.29, 0.717) is 12.5 Å². The molecule has 122 valence electrons. The van der Waals surface area contributed by atoms with Gasteiger partial charge in [0.2, 0.25) is 5.95 Å². The van der Waals surface area contributed by atoms with Crippen molar-refractivity contribution in [3.8, 4) is 0 Å². The van der Waals surface area contributed by atoms with Gasteiger partial charge in [-0.15, -0.1) is 0 Å². The van der Waals surface area contributed by atoms with Crippen LogP contribution in [0.2, 0.25) is 5.02 Å². The fourth-order valence-corrected chi connectivity index (χ4v) is 2.45. The number of halogens is 1. The van der Waals surface area contributed by atoms with Gasteiger partial charge < -0.3 is 10.6 Å². The lowest BCUT2D eigenvalue weighted by atomic mass is 10.1. The van der Waals surface area contributed by atoms with Crippen molar-refractivity contribution in [2.24, 2.45) is 0 Å². The predicted molar refractivity (Wildman–Crippen MR) is 97.2 cm³/mol. The lowest BCUT2D eigenvalue weighted by Crippen LogP contribution is -2.09. The van der Waals surface area contributed by atoms with Crippen molar-refractivity contribution in [3.63, 3.8) is 0 Å². The number of benzene rings is 1. The standard InChI is InChI=1S/C18H18ClN5/c19-15-5-3-4-14(12-15)7-10-21-17-8-11-22-18(24-17)23-13-16-6-1-2-9-20-16/h1-6,8-9,11-12H,7,10,13H2,(H2,21,22,23,24). The molecular weight excluding hydrogens is 322 g/mol. The average molecular weight is 340 g/mol. The Labute approximate surface area is 146 Å². The molecule has 0 saturated heterocycles. The van der Waals surface area contributed by atoms with E-state index in [1.165, 1.54) is 5.56 Å². The second-order valence-electron chi connectivity index (χ2n) is 5.25. The quantitative estimate of drug-likeness (QED) is 0.685. The molecular formula is C18H18ClN5. The molecule has 0 aliphatic carbocycles. The van der Waals surface area contributed by atoms with Crippen LogP contribution in [0.1, 0.15) is 11.3 Å². The molecule has 0 aliphatic rings. The first-order valence-electron chi connectivity index (χ1n) is 7.75. The van der Waals surface area contributed by atoms with Gasteiger partial charge >= 0.3 is 0 Å². The molecule has 0 atom stereocenters. The molecule has 0 radical (unpaired) electrons. The van der Waals surface area contributed by atoms with Gasteiger partial charge in [0, 0.05) is 24.0 Å². The molecule has 0 spiro atoms. The summed E-state index contributed by atoms with van der Waals surface area (Å²) in [5.41, 5.74) is 2.14. The number of hydrogen-bond acceptors (Lipinski definition) is 5. The molecule has 3 rings (SSSR count). The molecule has 3 aromatic rings. The van der Waals surface area contributed by atoms with Crippen LogP contribution in [-0.2, 0) is 13.0 Å². The molecule has 0 amide bonds. The van der Waals surface area contributed by atoms with E-state index in [1.54, 1.807) is 12.4 Å². The molecule has 6 heteroatoms. The van der Waals surface area contributed by atoms with Crippen molar-refractivity contribution in [2.45, 2.75) is 13.0 Å². The number of nitrogens with zero attached hydrogens (tertiary/aromatic N) is 3. The van der Waals surface area contributed by atoms with E-state index in [4.69, 9.17) is 11.6 Å². The zero-order chi connectivity index (χ0) is 16.6. The maximum Gasteiger partial charge on any atom is 0.224 e. The second-order valence-corrected chi connectivity index (χ2v) is 5.68. The number of nitrogens with one attached hydrogen (secondary N) is 2. The predicted octanol–water partition coefficient (Wildman–Crippen LogP) is 3.79. The van der Waals surface area contributed by atoms with Crippen LogP contribution >= 0.6 is 11.6 Å². The SMILES string of the molecule is Clc1cccc(CCNc2ccnc(NCc3ccccn3)n2)c1. The lowest BCUT2D eigenvalue weighted by Gasteiger charge is -2.08. The summed E-state index contributed by atoms with van der Waals surface area (Å²) in [6.07, 6.45) is 4.38. The largest absolute Gasteiger partial charge is 0.370 e. The Morgan fingerprint density at radius 1 is 0.917 bits per heavy atom. The summed E-state index contributed by atoms with van der Waals surface area (Å²) in [6, 6.07) is 15.5. The van der Waals surface area contributed by atoms with Crippen LogP contribution < -0.4 is 10.6 Å². The molecule has 0 saturated carbocycles. The first kappa shape index (κ1) is 16.2. The van der Waals surface area contributed by atoms with E-state index < -0.39 is 0 Å². The minimum Gasteiger partial charge on any atom is -0.370 e. The van der Waals surface area contributed by atoms with Crippen LogP contribution in [-0.4, -0.2) is 21.5 Å². The Hall–Kier alpha value is -2.66. The Kier molecular flexibility index (Phi) is 5.58. The summed E-state index contributed by atoms with van der Waals surface area (Å²) in [7, 11) is 0. The molecule has 2 heterocycles. The topological polar surface area (TPSA) is 62.7 Å². The zero-order valence-corrected chi connectivity index (χ0v) is 13.9. The lowest BCUT2D eigenvalue weighted by molar-refractivity contribution is 0.979. The minimum atomic E-state index is 0.577. The molecule has 0 fully saturated rings. The van der Waals surface area contributed by atoms with Gasteiger partial charge in [0.15, 0.2) is 0 Å². The Bertz CT molecular complexity index is 779. The van der Waals surface area contributed by atoms with Crippen LogP contribution in [0.5, 0.6) is 0 Å². The molecule has 0 aliphatic heterocycles. The summed E-state index contributed by atoms with van der Waals surface area (Å²) in [4.78, 5) is 12.9. The van der Waals surface area contributed by atoms with Crippen molar-refractivity contribution in [1.82, 2.24) is 15.0 Å². The van der Waals surface area contributed by atoms with Crippen LogP contribution in [0.25, 0.3) is 0 Å². The molecule has 2 N–H and O–H groups in total. The Morgan fingerprint density at radius 3 is 2.71 bits per heavy atom. The monoisotopic (exact) mass is 339 g/mol. The number of anilines is 2. The summed E-state index contributed by atoms with van der Waals surface area (Å²) in [6.45, 7) is 1.36. The molecule has 1 aromatic carbocycles. The summed E-state index contributed by atoms with van der Waals surface area (Å²) < 4.78 is 0. The van der Waals surface area contributed by atoms with Crippen LogP contribution in [0, 0.1) is 0 Å². The van der Waals surface area contributed by atoms with Gasteiger partial charge in [0.05, 0.1) is 12.2 Å². The Balaban J connectivity index is 1.51. The zero-order valence-electron chi connectivity index (χ0n) is 13.1. The highest BCUT2D eigenvalue weighted by molar-refractivity contribution is 6.30. The Morgan fingerprint density at radius 2 is 1.88 bits per heavy atom. The summed E-state index contributed by atoms with van der Waals surface area (Å²) in [5.74, 6) is 1.36. The van der Waals surface area contributed by atoms with Crippen molar-refractivity contribution in [1.29, 1.82) is 0 Å². The third kappa shape index (κ3) is 4.93. The van der Waals surface area contributed by atoms with E-state index in [-0.39, 0.29) is 0 Å². The van der Waals surface area contributed by atoms with Gasteiger partial charge in [-0.2, -0.15) is 4.98 Å². The number of hydrogen-bond donors (Lipinski definition) is 2. The average Bonchev–Trinajstić information content (AvgIpc) is 2.61. The van der Waals surface area contributed by atoms with Gasteiger partial charge in [-0.25, -0.2) is 4.98 Å². The first-order chi connectivity index (χ1) is 11.8. The van der Waals surface area contributed by atoms with Gasteiger partial charge in [-0.05, 0) is 42.3 Å². The normalized spacial score (nSPS) is 10.4. The molecule has 0 unspecified atom stereocenters. The van der Waals surface area contributed by atoms with Crippen LogP contribution in [0.15, 0.2) is 60.9 Å². The fraction of sp³-hybridized carbons (Fsp3) is 0.167. The van der Waals surface area contributed by atoms with Crippen molar-refractivity contribution < 1.29 is 0 Å². The smallest absolute Gasteiger partial charge is 0.224 e. The molecule has 24 heavy (non-hydrogen) atoms. The van der Waals surface area contributed by atoms with Gasteiger partial charge in [0.25, 0.3) is 0 Å². The van der Waals surface area contributed by atoms with Crippen LogP contribution in [0.4, 0.5) is 11.8 Å². The van der Waals surface area contributed by atoms with Crippen molar-refractivity contribution in [3.05, 3.63) is 77.2 Å². The van der Waals surface area contributed by atoms with E-state index in [9.17, 15) is 0 Å². The third-order valence-corrected chi connectivity index (χ3v) is 3.65. The fourth-order valence-electron chi connectivity index (χ4n) is 2.24. The number of pyridine rings is 1. The molecule has 5 nitrogen and oxygen atoms in total. The minimum absolute atomic E-state index is 0.577. The number of aromatic nitrogens is 3. The highest BCUT2D eigenvalue weighted by atomic mass is 35.5. The van der Waals surface area contributed by atoms with Gasteiger partial charge in [0.1, 0.15) is 5.82 Å². The second kappa shape index (κ2) is 8.26. The third-order valence-electron chi connectivity index (χ3n) is 3.42. The highest BCUT2D eigenvalue weighted by Gasteiger charge is 2.00. The van der Waals surface area contributed by atoms with Crippen LogP contribution in [0.3, 0.4) is 0 Å². The van der Waals surface area contributed by atoms with E-state index in [2.05, 4.69) is 31.7 Å². The van der Waals surface area contributed by atoms with E-state index >= 15 is 0 Å². The summed E-state index contributed by atoms with van der Waals surface area (Å²) >= 11 is 5.99.